The minimum atomic E-state index is 0.603. The summed E-state index contributed by atoms with van der Waals surface area (Å²) in [6, 6.07) is 4.72. The molecule has 2 aromatic heterocycles. The van der Waals surface area contributed by atoms with Gasteiger partial charge in [-0.3, -0.25) is 4.68 Å². The summed E-state index contributed by atoms with van der Waals surface area (Å²) in [7, 11) is 0. The van der Waals surface area contributed by atoms with Crippen molar-refractivity contribution in [2.24, 2.45) is 0 Å². The van der Waals surface area contributed by atoms with Crippen LogP contribution in [-0.4, -0.2) is 19.7 Å². The minimum Gasteiger partial charge on any atom is -0.364 e. The summed E-state index contributed by atoms with van der Waals surface area (Å²) in [6.45, 7) is 4.74. The van der Waals surface area contributed by atoms with E-state index in [4.69, 9.17) is 0 Å². The number of anilines is 1. The summed E-state index contributed by atoms with van der Waals surface area (Å²) in [6.07, 6.45) is 8.22. The molecule has 0 bridgehead atoms. The zero-order chi connectivity index (χ0) is 14.7. The fraction of sp³-hybridized carbons (Fsp3) is 0.562. The van der Waals surface area contributed by atoms with Crippen LogP contribution in [-0.2, 0) is 13.0 Å². The molecule has 0 unspecified atom stereocenters. The quantitative estimate of drug-likeness (QED) is 0.916. The highest BCUT2D eigenvalue weighted by Crippen LogP contribution is 2.28. The Hall–Kier alpha value is -1.91. The average Bonchev–Trinajstić information content (AvgIpc) is 3.15. The molecule has 1 fully saturated rings. The lowest BCUT2D eigenvalue weighted by atomic mass is 10.3. The molecule has 0 spiro atoms. The van der Waals surface area contributed by atoms with Crippen molar-refractivity contribution in [1.29, 1.82) is 0 Å². The monoisotopic (exact) mass is 285 g/mol. The van der Waals surface area contributed by atoms with Gasteiger partial charge in [-0.2, -0.15) is 5.10 Å². The molecule has 0 aromatic carbocycles. The molecule has 1 aliphatic carbocycles. The predicted molar refractivity (Wildman–Crippen MR) is 83.2 cm³/mol. The number of aryl methyl sites for hydroxylation is 2. The third-order valence-electron chi connectivity index (χ3n) is 4.07. The summed E-state index contributed by atoms with van der Waals surface area (Å²) in [5, 5.41) is 8.04. The summed E-state index contributed by atoms with van der Waals surface area (Å²) >= 11 is 0. The van der Waals surface area contributed by atoms with Crippen LogP contribution >= 0.6 is 0 Å². The van der Waals surface area contributed by atoms with Crippen LogP contribution in [0, 0.1) is 6.92 Å². The molecule has 0 atom stereocenters. The van der Waals surface area contributed by atoms with E-state index in [1.54, 1.807) is 0 Å². The molecule has 1 saturated carbocycles. The Labute approximate surface area is 125 Å². The van der Waals surface area contributed by atoms with Gasteiger partial charge in [0, 0.05) is 18.0 Å². The maximum absolute atomic E-state index is 4.68. The van der Waals surface area contributed by atoms with Crippen LogP contribution in [0.1, 0.15) is 55.9 Å². The highest BCUT2D eigenvalue weighted by Gasteiger charge is 2.17. The van der Waals surface area contributed by atoms with Gasteiger partial charge in [-0.1, -0.05) is 19.8 Å². The number of hydrogen-bond acceptors (Lipinski definition) is 4. The van der Waals surface area contributed by atoms with Crippen LogP contribution < -0.4 is 5.32 Å². The van der Waals surface area contributed by atoms with Crippen molar-refractivity contribution in [2.75, 3.05) is 5.32 Å². The van der Waals surface area contributed by atoms with Gasteiger partial charge in [0.05, 0.1) is 18.3 Å². The molecule has 0 amide bonds. The van der Waals surface area contributed by atoms with Crippen molar-refractivity contribution in [3.63, 3.8) is 0 Å². The van der Waals surface area contributed by atoms with Crippen LogP contribution in [0.5, 0.6) is 0 Å². The number of nitrogens with zero attached hydrogens (tertiary/aromatic N) is 4. The third kappa shape index (κ3) is 3.40. The van der Waals surface area contributed by atoms with Gasteiger partial charge in [0.2, 0.25) is 0 Å². The van der Waals surface area contributed by atoms with E-state index in [-0.39, 0.29) is 0 Å². The first-order chi connectivity index (χ1) is 10.2. The lowest BCUT2D eigenvalue weighted by Crippen LogP contribution is -2.08. The molecular weight excluding hydrogens is 262 g/mol. The zero-order valence-corrected chi connectivity index (χ0v) is 12.8. The first-order valence-corrected chi connectivity index (χ1v) is 7.87. The van der Waals surface area contributed by atoms with E-state index in [9.17, 15) is 0 Å². The van der Waals surface area contributed by atoms with Gasteiger partial charge in [-0.05, 0) is 32.3 Å². The fourth-order valence-electron chi connectivity index (χ4n) is 2.93. The molecule has 2 heterocycles. The van der Waals surface area contributed by atoms with Crippen LogP contribution in [0.15, 0.2) is 18.3 Å². The molecule has 1 aliphatic rings. The minimum absolute atomic E-state index is 0.603. The molecule has 5 nitrogen and oxygen atoms in total. The first-order valence-electron chi connectivity index (χ1n) is 7.87. The van der Waals surface area contributed by atoms with Gasteiger partial charge in [-0.25, -0.2) is 9.97 Å². The Morgan fingerprint density at radius 2 is 2.05 bits per heavy atom. The highest BCUT2D eigenvalue weighted by molar-refractivity contribution is 5.36. The van der Waals surface area contributed by atoms with E-state index < -0.39 is 0 Å². The van der Waals surface area contributed by atoms with Crippen molar-refractivity contribution in [3.8, 4) is 0 Å². The topological polar surface area (TPSA) is 55.6 Å². The van der Waals surface area contributed by atoms with Crippen LogP contribution in [0.3, 0.4) is 0 Å². The number of aromatic nitrogens is 4. The van der Waals surface area contributed by atoms with Crippen LogP contribution in [0.2, 0.25) is 0 Å². The Kier molecular flexibility index (Phi) is 4.18. The highest BCUT2D eigenvalue weighted by atomic mass is 15.3. The Morgan fingerprint density at radius 3 is 2.81 bits per heavy atom. The number of hydrogen-bond donors (Lipinski definition) is 1. The van der Waals surface area contributed by atoms with Crippen molar-refractivity contribution in [2.45, 2.75) is 58.5 Å². The summed E-state index contributed by atoms with van der Waals surface area (Å²) in [5.41, 5.74) is 2.14. The molecule has 3 rings (SSSR count). The van der Waals surface area contributed by atoms with Gasteiger partial charge in [-0.15, -0.1) is 0 Å². The molecule has 0 radical (unpaired) electrons. The van der Waals surface area contributed by atoms with Crippen LogP contribution in [0.4, 0.5) is 5.82 Å². The number of nitrogens with one attached hydrogen (secondary N) is 1. The van der Waals surface area contributed by atoms with E-state index >= 15 is 0 Å². The molecule has 2 aromatic rings. The summed E-state index contributed by atoms with van der Waals surface area (Å²) in [5.74, 6) is 1.70. The van der Waals surface area contributed by atoms with Gasteiger partial charge in [0.25, 0.3) is 0 Å². The molecule has 1 N–H and O–H groups in total. The standard InChI is InChI=1S/C16H23N5/c1-3-13-10-16(19-12(2)18-13)17-11-14-8-9-21(20-14)15-6-4-5-7-15/h8-10,15H,3-7,11H2,1-2H3,(H,17,18,19). The van der Waals surface area contributed by atoms with E-state index in [0.29, 0.717) is 12.6 Å². The van der Waals surface area contributed by atoms with Crippen molar-refractivity contribution in [1.82, 2.24) is 19.7 Å². The molecule has 0 aliphatic heterocycles. The van der Waals surface area contributed by atoms with Gasteiger partial charge in [0.1, 0.15) is 11.6 Å². The predicted octanol–water partition coefficient (Wildman–Crippen LogP) is 3.27. The average molecular weight is 285 g/mol. The zero-order valence-electron chi connectivity index (χ0n) is 12.8. The van der Waals surface area contributed by atoms with Crippen molar-refractivity contribution in [3.05, 3.63) is 35.5 Å². The largest absolute Gasteiger partial charge is 0.364 e. The second-order valence-electron chi connectivity index (χ2n) is 5.72. The van der Waals surface area contributed by atoms with E-state index in [1.807, 2.05) is 13.0 Å². The second kappa shape index (κ2) is 6.24. The molecule has 112 valence electrons. The Bertz CT molecular complexity index is 598. The van der Waals surface area contributed by atoms with Crippen molar-refractivity contribution >= 4 is 5.82 Å². The van der Waals surface area contributed by atoms with Gasteiger partial charge in [0.15, 0.2) is 0 Å². The maximum atomic E-state index is 4.68. The summed E-state index contributed by atoms with van der Waals surface area (Å²) in [4.78, 5) is 8.82. The maximum Gasteiger partial charge on any atom is 0.130 e. The summed E-state index contributed by atoms with van der Waals surface area (Å²) < 4.78 is 2.13. The Balaban J connectivity index is 1.63. The molecule has 5 heteroatoms. The molecule has 0 saturated heterocycles. The SMILES string of the molecule is CCc1cc(NCc2ccn(C3CCCC3)n2)nc(C)n1. The Morgan fingerprint density at radius 1 is 1.24 bits per heavy atom. The lowest BCUT2D eigenvalue weighted by molar-refractivity contribution is 0.463. The van der Waals surface area contributed by atoms with E-state index in [0.717, 1.165) is 29.5 Å². The molecular formula is C16H23N5. The molecule has 21 heavy (non-hydrogen) atoms. The smallest absolute Gasteiger partial charge is 0.130 e. The third-order valence-corrected chi connectivity index (χ3v) is 4.07. The van der Waals surface area contributed by atoms with E-state index in [2.05, 4.69) is 44.3 Å². The normalized spacial score (nSPS) is 15.5. The number of rotatable bonds is 5. The van der Waals surface area contributed by atoms with Gasteiger partial charge >= 0.3 is 0 Å². The van der Waals surface area contributed by atoms with Crippen LogP contribution in [0.25, 0.3) is 0 Å². The first kappa shape index (κ1) is 14.0. The lowest BCUT2D eigenvalue weighted by Gasteiger charge is -2.09. The fourth-order valence-corrected chi connectivity index (χ4v) is 2.93. The van der Waals surface area contributed by atoms with Gasteiger partial charge < -0.3 is 5.32 Å². The van der Waals surface area contributed by atoms with Crippen molar-refractivity contribution < 1.29 is 0 Å². The van der Waals surface area contributed by atoms with E-state index in [1.165, 1.54) is 25.7 Å². The second-order valence-corrected chi connectivity index (χ2v) is 5.72.